The Morgan fingerprint density at radius 2 is 2.00 bits per heavy atom. The van der Waals surface area contributed by atoms with E-state index in [1.807, 2.05) is 35.6 Å². The van der Waals surface area contributed by atoms with Crippen molar-refractivity contribution in [2.24, 2.45) is 0 Å². The highest BCUT2D eigenvalue weighted by atomic mass is 32.2. The third-order valence-corrected chi connectivity index (χ3v) is 9.34. The van der Waals surface area contributed by atoms with Gasteiger partial charge in [0.15, 0.2) is 15.9 Å². The minimum Gasteiger partial charge on any atom is -0.301 e. The molecule has 0 radical (unpaired) electrons. The number of anilines is 1. The number of carbonyl (C=O) groups is 1. The lowest BCUT2D eigenvalue weighted by Crippen LogP contribution is -2.14. The molecular weight excluding hydrogens is 472 g/mol. The number of thiophene rings is 1. The predicted molar refractivity (Wildman–Crippen MR) is 134 cm³/mol. The molecule has 1 saturated carbocycles. The molecular formula is C23H20N6OS3. The van der Waals surface area contributed by atoms with Crippen molar-refractivity contribution in [2.45, 2.75) is 49.6 Å². The lowest BCUT2D eigenvalue weighted by Gasteiger charge is -2.11. The maximum Gasteiger partial charge on any atom is 0.236 e. The molecule has 1 N–H and O–H groups in total. The average molecular weight is 493 g/mol. The van der Waals surface area contributed by atoms with Gasteiger partial charge in [-0.1, -0.05) is 35.2 Å². The number of para-hydroxylation sites is 1. The van der Waals surface area contributed by atoms with Gasteiger partial charge in [0.1, 0.15) is 10.7 Å². The Bertz CT molecular complexity index is 1510. The summed E-state index contributed by atoms with van der Waals surface area (Å²) in [5, 5.41) is 14.6. The van der Waals surface area contributed by atoms with Crippen molar-refractivity contribution in [3.63, 3.8) is 0 Å². The molecule has 4 aromatic heterocycles. The Morgan fingerprint density at radius 1 is 1.12 bits per heavy atom. The van der Waals surface area contributed by atoms with Crippen LogP contribution in [-0.4, -0.2) is 36.2 Å². The second kappa shape index (κ2) is 7.75. The number of carbonyl (C=O) groups excluding carboxylic acids is 1. The highest BCUT2D eigenvalue weighted by Gasteiger charge is 2.32. The molecule has 5 aromatic rings. The molecule has 2 aliphatic carbocycles. The quantitative estimate of drug-likeness (QED) is 0.329. The van der Waals surface area contributed by atoms with E-state index >= 15 is 0 Å². The molecule has 2 aliphatic rings. The van der Waals surface area contributed by atoms with Crippen molar-refractivity contribution in [3.05, 3.63) is 40.5 Å². The Labute approximate surface area is 201 Å². The normalized spacial score (nSPS) is 16.0. The fraction of sp³-hybridized carbons (Fsp3) is 0.348. The summed E-state index contributed by atoms with van der Waals surface area (Å²) in [6.45, 7) is 0. The summed E-state index contributed by atoms with van der Waals surface area (Å²) in [5.74, 6) is 1.67. The molecule has 1 aromatic carbocycles. The van der Waals surface area contributed by atoms with Crippen molar-refractivity contribution < 1.29 is 4.79 Å². The van der Waals surface area contributed by atoms with E-state index in [1.54, 1.807) is 0 Å². The average Bonchev–Trinajstić information content (AvgIpc) is 3.29. The van der Waals surface area contributed by atoms with E-state index in [2.05, 4.69) is 24.9 Å². The monoisotopic (exact) mass is 492 g/mol. The van der Waals surface area contributed by atoms with Crippen LogP contribution in [0.2, 0.25) is 0 Å². The standard InChI is InChI=1S/C23H20N6OS3/c30-17(25-22-24-14-6-2-4-8-16(14)33-22)11-31-23-28-27-20-18-13-5-1-3-7-15(13)32-21(18)26-19(29(20)23)12-9-10-12/h2,4,6,8,12H,1,3,5,7,9-11H2,(H,24,25,30). The first-order chi connectivity index (χ1) is 16.2. The summed E-state index contributed by atoms with van der Waals surface area (Å²) >= 11 is 4.74. The molecule has 0 atom stereocenters. The third kappa shape index (κ3) is 3.43. The highest BCUT2D eigenvalue weighted by molar-refractivity contribution is 7.99. The number of benzene rings is 1. The highest BCUT2D eigenvalue weighted by Crippen LogP contribution is 2.44. The molecule has 4 heterocycles. The molecule has 1 amide bonds. The summed E-state index contributed by atoms with van der Waals surface area (Å²) in [6.07, 6.45) is 7.01. The topological polar surface area (TPSA) is 85.1 Å². The zero-order valence-corrected chi connectivity index (χ0v) is 20.2. The van der Waals surface area contributed by atoms with Crippen LogP contribution in [-0.2, 0) is 17.6 Å². The second-order valence-electron chi connectivity index (χ2n) is 8.60. The Morgan fingerprint density at radius 3 is 2.88 bits per heavy atom. The number of aromatic nitrogens is 5. The van der Waals surface area contributed by atoms with E-state index in [-0.39, 0.29) is 11.7 Å². The van der Waals surface area contributed by atoms with Crippen LogP contribution in [0.3, 0.4) is 0 Å². The number of thioether (sulfide) groups is 1. The van der Waals surface area contributed by atoms with Crippen molar-refractivity contribution in [3.8, 4) is 0 Å². The molecule has 0 saturated heterocycles. The van der Waals surface area contributed by atoms with Gasteiger partial charge in [0.05, 0.1) is 21.4 Å². The van der Waals surface area contributed by atoms with Crippen LogP contribution in [0, 0.1) is 0 Å². The van der Waals surface area contributed by atoms with Crippen molar-refractivity contribution in [1.82, 2.24) is 24.6 Å². The van der Waals surface area contributed by atoms with E-state index in [0.29, 0.717) is 11.0 Å². The molecule has 33 heavy (non-hydrogen) atoms. The second-order valence-corrected chi connectivity index (χ2v) is 11.7. The van der Waals surface area contributed by atoms with Gasteiger partial charge >= 0.3 is 0 Å². The maximum absolute atomic E-state index is 12.7. The fourth-order valence-corrected chi connectivity index (χ4v) is 7.46. The van der Waals surface area contributed by atoms with E-state index in [4.69, 9.17) is 4.98 Å². The number of fused-ring (bicyclic) bond motifs is 6. The number of nitrogens with one attached hydrogen (secondary N) is 1. The predicted octanol–water partition coefficient (Wildman–Crippen LogP) is 5.44. The fourth-order valence-electron chi connectivity index (χ4n) is 4.57. The SMILES string of the molecule is O=C(CSc1nnc2c3c4c(sc3nc(C3CC3)n12)CCCC4)Nc1nc2ccccc2s1. The van der Waals surface area contributed by atoms with Crippen LogP contribution >= 0.6 is 34.4 Å². The Balaban J connectivity index is 1.20. The molecule has 0 unspecified atom stereocenters. The van der Waals surface area contributed by atoms with Crippen LogP contribution in [0.1, 0.15) is 47.9 Å². The van der Waals surface area contributed by atoms with E-state index in [1.165, 1.54) is 51.8 Å². The van der Waals surface area contributed by atoms with E-state index in [0.717, 1.165) is 57.4 Å². The summed E-state index contributed by atoms with van der Waals surface area (Å²) < 4.78 is 3.18. The first kappa shape index (κ1) is 19.9. The minimum absolute atomic E-state index is 0.0919. The molecule has 10 heteroatoms. The minimum atomic E-state index is -0.0919. The number of amides is 1. The van der Waals surface area contributed by atoms with Crippen LogP contribution in [0.15, 0.2) is 29.4 Å². The molecule has 0 bridgehead atoms. The number of aryl methyl sites for hydroxylation is 2. The van der Waals surface area contributed by atoms with Gasteiger partial charge in [-0.05, 0) is 56.2 Å². The van der Waals surface area contributed by atoms with Crippen molar-refractivity contribution >= 4 is 71.6 Å². The van der Waals surface area contributed by atoms with Crippen LogP contribution in [0.25, 0.3) is 26.1 Å². The van der Waals surface area contributed by atoms with Crippen LogP contribution in [0.5, 0.6) is 0 Å². The first-order valence-corrected chi connectivity index (χ1v) is 13.8. The number of thiazole rings is 1. The summed E-state index contributed by atoms with van der Waals surface area (Å²) in [6, 6.07) is 7.89. The van der Waals surface area contributed by atoms with Gasteiger partial charge in [0.2, 0.25) is 5.91 Å². The number of hydrogen-bond donors (Lipinski definition) is 1. The van der Waals surface area contributed by atoms with Gasteiger partial charge in [-0.25, -0.2) is 9.97 Å². The van der Waals surface area contributed by atoms with E-state index < -0.39 is 0 Å². The molecule has 0 spiro atoms. The Hall–Kier alpha value is -2.56. The third-order valence-electron chi connectivity index (χ3n) is 6.27. The van der Waals surface area contributed by atoms with E-state index in [9.17, 15) is 4.79 Å². The molecule has 7 rings (SSSR count). The first-order valence-electron chi connectivity index (χ1n) is 11.2. The van der Waals surface area contributed by atoms with Gasteiger partial charge in [-0.2, -0.15) is 0 Å². The molecule has 166 valence electrons. The van der Waals surface area contributed by atoms with Gasteiger partial charge in [0, 0.05) is 10.8 Å². The largest absolute Gasteiger partial charge is 0.301 e. The van der Waals surface area contributed by atoms with Gasteiger partial charge in [-0.15, -0.1) is 21.5 Å². The Kier molecular flexibility index (Phi) is 4.66. The molecule has 0 aliphatic heterocycles. The van der Waals surface area contributed by atoms with Crippen molar-refractivity contribution in [2.75, 3.05) is 11.1 Å². The zero-order chi connectivity index (χ0) is 21.9. The summed E-state index contributed by atoms with van der Waals surface area (Å²) in [4.78, 5) is 24.8. The summed E-state index contributed by atoms with van der Waals surface area (Å²) in [7, 11) is 0. The maximum atomic E-state index is 12.7. The van der Waals surface area contributed by atoms with Crippen LogP contribution in [0.4, 0.5) is 5.13 Å². The van der Waals surface area contributed by atoms with Gasteiger partial charge < -0.3 is 5.32 Å². The number of rotatable bonds is 5. The zero-order valence-electron chi connectivity index (χ0n) is 17.7. The smallest absolute Gasteiger partial charge is 0.236 e. The van der Waals surface area contributed by atoms with Gasteiger partial charge in [-0.3, -0.25) is 9.20 Å². The number of hydrogen-bond acceptors (Lipinski definition) is 8. The lowest BCUT2D eigenvalue weighted by atomic mass is 9.97. The van der Waals surface area contributed by atoms with Crippen LogP contribution < -0.4 is 5.32 Å². The lowest BCUT2D eigenvalue weighted by molar-refractivity contribution is -0.113. The summed E-state index contributed by atoms with van der Waals surface area (Å²) in [5.41, 5.74) is 3.23. The molecule has 1 fully saturated rings. The molecule has 7 nitrogen and oxygen atoms in total. The van der Waals surface area contributed by atoms with Crippen molar-refractivity contribution in [1.29, 1.82) is 0 Å². The van der Waals surface area contributed by atoms with Gasteiger partial charge in [0.25, 0.3) is 0 Å². The number of nitrogens with zero attached hydrogens (tertiary/aromatic N) is 5.